The molecule has 0 saturated heterocycles. The van der Waals surface area contributed by atoms with E-state index in [9.17, 15) is 9.90 Å². The first-order valence-corrected chi connectivity index (χ1v) is 6.76. The number of hydrogen-bond acceptors (Lipinski definition) is 3. The van der Waals surface area contributed by atoms with E-state index in [0.717, 1.165) is 25.7 Å². The summed E-state index contributed by atoms with van der Waals surface area (Å²) in [4.78, 5) is 12.0. The molecule has 2 aliphatic carbocycles. The summed E-state index contributed by atoms with van der Waals surface area (Å²) in [7, 11) is 0. The van der Waals surface area contributed by atoms with Crippen LogP contribution in [0.3, 0.4) is 0 Å². The molecule has 2 fully saturated rings. The summed E-state index contributed by atoms with van der Waals surface area (Å²) in [6.45, 7) is 1.25. The lowest BCUT2D eigenvalue weighted by Gasteiger charge is -2.36. The highest BCUT2D eigenvalue weighted by Crippen LogP contribution is 2.45. The fourth-order valence-corrected chi connectivity index (χ4v) is 2.82. The Morgan fingerprint density at radius 1 is 1.18 bits per heavy atom. The van der Waals surface area contributed by atoms with Crippen molar-refractivity contribution in [1.29, 1.82) is 0 Å². The van der Waals surface area contributed by atoms with E-state index in [1.165, 1.54) is 19.3 Å². The van der Waals surface area contributed by atoms with Crippen LogP contribution in [0.2, 0.25) is 0 Å². The van der Waals surface area contributed by atoms with Crippen LogP contribution in [-0.2, 0) is 4.79 Å². The van der Waals surface area contributed by atoms with Gasteiger partial charge in [0.15, 0.2) is 0 Å². The summed E-state index contributed by atoms with van der Waals surface area (Å²) >= 11 is 0. The third kappa shape index (κ3) is 2.63. The van der Waals surface area contributed by atoms with Crippen molar-refractivity contribution in [3.63, 3.8) is 0 Å². The molecule has 4 heteroatoms. The van der Waals surface area contributed by atoms with Crippen LogP contribution in [0, 0.1) is 10.8 Å². The third-order valence-corrected chi connectivity index (χ3v) is 4.60. The number of carbonyl (C=O) groups excluding carboxylic acids is 1. The number of aliphatic hydroxyl groups is 1. The van der Waals surface area contributed by atoms with Gasteiger partial charge in [0, 0.05) is 18.5 Å². The average Bonchev–Trinajstić information content (AvgIpc) is 3.18. The highest BCUT2D eigenvalue weighted by atomic mass is 16.3. The summed E-state index contributed by atoms with van der Waals surface area (Å²) in [6.07, 6.45) is 7.47. The van der Waals surface area contributed by atoms with Crippen LogP contribution in [0.1, 0.15) is 44.9 Å². The Morgan fingerprint density at radius 2 is 1.82 bits per heavy atom. The van der Waals surface area contributed by atoms with Crippen molar-refractivity contribution < 1.29 is 9.90 Å². The Hall–Kier alpha value is -0.610. The maximum Gasteiger partial charge on any atom is 0.227 e. The molecule has 0 bridgehead atoms. The third-order valence-electron chi connectivity index (χ3n) is 4.60. The van der Waals surface area contributed by atoms with Gasteiger partial charge in [-0.15, -0.1) is 0 Å². The van der Waals surface area contributed by atoms with Crippen molar-refractivity contribution in [2.24, 2.45) is 16.6 Å². The smallest absolute Gasteiger partial charge is 0.227 e. The van der Waals surface area contributed by atoms with E-state index in [2.05, 4.69) is 5.32 Å². The topological polar surface area (TPSA) is 75.4 Å². The number of carbonyl (C=O) groups is 1. The standard InChI is InChI=1S/C13H24N2O2/c14-8-13(6-7-13)11(17)15-9-12(10-16)4-2-1-3-5-12/h16H,1-10,14H2,(H,15,17). The molecule has 0 aliphatic heterocycles. The maximum atomic E-state index is 12.0. The van der Waals surface area contributed by atoms with Crippen LogP contribution >= 0.6 is 0 Å². The van der Waals surface area contributed by atoms with Crippen molar-refractivity contribution in [1.82, 2.24) is 5.32 Å². The molecule has 1 amide bonds. The van der Waals surface area contributed by atoms with Crippen LogP contribution in [0.4, 0.5) is 0 Å². The Morgan fingerprint density at radius 3 is 2.29 bits per heavy atom. The zero-order valence-corrected chi connectivity index (χ0v) is 10.5. The number of amides is 1. The second-order valence-corrected chi connectivity index (χ2v) is 5.89. The number of nitrogens with two attached hydrogens (primary N) is 1. The molecule has 2 rings (SSSR count). The highest BCUT2D eigenvalue weighted by molar-refractivity contribution is 5.85. The van der Waals surface area contributed by atoms with Gasteiger partial charge < -0.3 is 16.2 Å². The fraction of sp³-hybridized carbons (Fsp3) is 0.923. The Kier molecular flexibility index (Phi) is 3.73. The predicted octanol–water partition coefficient (Wildman–Crippen LogP) is 0.784. The summed E-state index contributed by atoms with van der Waals surface area (Å²) in [5.74, 6) is 0.0957. The SMILES string of the molecule is NCC1(C(=O)NCC2(CO)CCCCC2)CC1. The van der Waals surface area contributed by atoms with E-state index in [0.29, 0.717) is 13.1 Å². The number of hydrogen-bond donors (Lipinski definition) is 3. The lowest BCUT2D eigenvalue weighted by Crippen LogP contribution is -2.45. The minimum Gasteiger partial charge on any atom is -0.396 e. The normalized spacial score (nSPS) is 25.3. The molecule has 2 saturated carbocycles. The van der Waals surface area contributed by atoms with Gasteiger partial charge in [0.25, 0.3) is 0 Å². The van der Waals surface area contributed by atoms with Gasteiger partial charge in [0.05, 0.1) is 12.0 Å². The molecule has 0 aromatic rings. The van der Waals surface area contributed by atoms with Crippen molar-refractivity contribution >= 4 is 5.91 Å². The Balaban J connectivity index is 1.85. The summed E-state index contributed by atoms with van der Waals surface area (Å²) in [6, 6.07) is 0. The van der Waals surface area contributed by atoms with Crippen LogP contribution in [0.25, 0.3) is 0 Å². The van der Waals surface area contributed by atoms with E-state index >= 15 is 0 Å². The minimum absolute atomic E-state index is 0.0708. The summed E-state index contributed by atoms with van der Waals surface area (Å²) in [5.41, 5.74) is 5.29. The van der Waals surface area contributed by atoms with Gasteiger partial charge in [0.2, 0.25) is 5.91 Å². The van der Waals surface area contributed by atoms with Gasteiger partial charge in [-0.05, 0) is 25.7 Å². The van der Waals surface area contributed by atoms with Crippen molar-refractivity contribution in [3.8, 4) is 0 Å². The minimum atomic E-state index is -0.273. The van der Waals surface area contributed by atoms with Crippen molar-refractivity contribution in [3.05, 3.63) is 0 Å². The van der Waals surface area contributed by atoms with Crippen molar-refractivity contribution in [2.75, 3.05) is 19.7 Å². The van der Waals surface area contributed by atoms with Crippen LogP contribution in [-0.4, -0.2) is 30.7 Å². The van der Waals surface area contributed by atoms with Crippen LogP contribution in [0.5, 0.6) is 0 Å². The Bertz CT molecular complexity index is 281. The molecule has 0 unspecified atom stereocenters. The molecule has 0 spiro atoms. The van der Waals surface area contributed by atoms with E-state index in [1.807, 2.05) is 0 Å². The molecule has 17 heavy (non-hydrogen) atoms. The summed E-state index contributed by atoms with van der Waals surface area (Å²) in [5, 5.41) is 12.6. The number of aliphatic hydroxyl groups excluding tert-OH is 1. The van der Waals surface area contributed by atoms with Crippen molar-refractivity contribution in [2.45, 2.75) is 44.9 Å². The zero-order valence-electron chi connectivity index (χ0n) is 10.5. The molecule has 0 atom stereocenters. The van der Waals surface area contributed by atoms with Gasteiger partial charge in [-0.25, -0.2) is 0 Å². The average molecular weight is 240 g/mol. The van der Waals surface area contributed by atoms with Crippen LogP contribution < -0.4 is 11.1 Å². The first-order valence-electron chi connectivity index (χ1n) is 6.76. The van der Waals surface area contributed by atoms with Gasteiger partial charge in [0.1, 0.15) is 0 Å². The Labute approximate surface area is 103 Å². The van der Waals surface area contributed by atoms with Gasteiger partial charge in [-0.2, -0.15) is 0 Å². The molecular formula is C13H24N2O2. The second-order valence-electron chi connectivity index (χ2n) is 5.89. The van der Waals surface area contributed by atoms with E-state index in [-0.39, 0.29) is 23.3 Å². The zero-order chi connectivity index (χ0) is 12.4. The molecular weight excluding hydrogens is 216 g/mol. The molecule has 0 heterocycles. The number of rotatable bonds is 5. The summed E-state index contributed by atoms with van der Waals surface area (Å²) < 4.78 is 0. The molecule has 2 aliphatic rings. The quantitative estimate of drug-likeness (QED) is 0.665. The monoisotopic (exact) mass is 240 g/mol. The molecule has 4 N–H and O–H groups in total. The van der Waals surface area contributed by atoms with E-state index in [4.69, 9.17) is 5.73 Å². The maximum absolute atomic E-state index is 12.0. The van der Waals surface area contributed by atoms with E-state index in [1.54, 1.807) is 0 Å². The number of nitrogens with one attached hydrogen (secondary N) is 1. The second kappa shape index (κ2) is 4.94. The molecule has 0 aromatic carbocycles. The van der Waals surface area contributed by atoms with Gasteiger partial charge in [-0.1, -0.05) is 19.3 Å². The molecule has 4 nitrogen and oxygen atoms in total. The van der Waals surface area contributed by atoms with Crippen LogP contribution in [0.15, 0.2) is 0 Å². The van der Waals surface area contributed by atoms with Gasteiger partial charge in [-0.3, -0.25) is 4.79 Å². The largest absolute Gasteiger partial charge is 0.396 e. The molecule has 0 radical (unpaired) electrons. The highest BCUT2D eigenvalue weighted by Gasteiger charge is 2.48. The molecule has 0 aromatic heterocycles. The van der Waals surface area contributed by atoms with Gasteiger partial charge >= 0.3 is 0 Å². The lowest BCUT2D eigenvalue weighted by molar-refractivity contribution is -0.126. The first-order chi connectivity index (χ1) is 8.16. The van der Waals surface area contributed by atoms with E-state index < -0.39 is 0 Å². The lowest BCUT2D eigenvalue weighted by atomic mass is 9.74. The fourth-order valence-electron chi connectivity index (χ4n) is 2.82. The molecule has 98 valence electrons. The predicted molar refractivity (Wildman–Crippen MR) is 66.3 cm³/mol. The first kappa shape index (κ1) is 12.8.